The van der Waals surface area contributed by atoms with Crippen molar-refractivity contribution in [2.45, 2.75) is 45.8 Å². The van der Waals surface area contributed by atoms with Crippen molar-refractivity contribution in [1.29, 1.82) is 0 Å². The first kappa shape index (κ1) is 14.2. The van der Waals surface area contributed by atoms with Crippen LogP contribution in [-0.2, 0) is 5.41 Å². The fraction of sp³-hybridized carbons (Fsp3) is 0.538. The van der Waals surface area contributed by atoms with E-state index < -0.39 is 8.07 Å². The van der Waals surface area contributed by atoms with Crippen molar-refractivity contribution in [2.75, 3.05) is 0 Å². The predicted molar refractivity (Wildman–Crippen MR) is 76.0 cm³/mol. The van der Waals surface area contributed by atoms with E-state index in [-0.39, 0.29) is 5.41 Å². The van der Waals surface area contributed by atoms with Crippen molar-refractivity contribution in [3.8, 4) is 11.5 Å². The van der Waals surface area contributed by atoms with E-state index in [9.17, 15) is 0 Å². The molecule has 0 N–H and O–H groups in total. The van der Waals surface area contributed by atoms with E-state index in [1.807, 2.05) is 0 Å². The van der Waals surface area contributed by atoms with Gasteiger partial charge in [-0.25, -0.2) is 9.97 Å². The van der Waals surface area contributed by atoms with Crippen LogP contribution in [0.4, 0.5) is 0 Å². The van der Waals surface area contributed by atoms with Crippen LogP contribution in [0.5, 0.6) is 0 Å². The zero-order valence-corrected chi connectivity index (χ0v) is 13.1. The zero-order valence-electron chi connectivity index (χ0n) is 11.3. The third kappa shape index (κ3) is 4.49. The minimum Gasteiger partial charge on any atom is -0.239 e. The number of aromatic nitrogens is 2. The zero-order chi connectivity index (χ0) is 13.3. The molecule has 0 amide bonds. The van der Waals surface area contributed by atoms with E-state index in [0.717, 1.165) is 11.4 Å². The molecule has 0 saturated heterocycles. The molecule has 0 aliphatic heterocycles. The molecule has 0 radical (unpaired) electrons. The topological polar surface area (TPSA) is 25.8 Å². The Morgan fingerprint density at radius 3 is 2.24 bits per heavy atom. The summed E-state index contributed by atoms with van der Waals surface area (Å²) in [6.45, 7) is 12.8. The van der Waals surface area contributed by atoms with Gasteiger partial charge in [-0.1, -0.05) is 57.9 Å². The van der Waals surface area contributed by atoms with Crippen LogP contribution in [0.25, 0.3) is 0 Å². The van der Waals surface area contributed by atoms with Crippen molar-refractivity contribution in [3.05, 3.63) is 22.7 Å². The van der Waals surface area contributed by atoms with Crippen molar-refractivity contribution in [1.82, 2.24) is 9.97 Å². The molecular weight excluding hydrogens is 248 g/mol. The Hall–Kier alpha value is -0.853. The molecule has 1 rings (SSSR count). The molecule has 92 valence electrons. The minimum absolute atomic E-state index is 0.0889. The highest BCUT2D eigenvalue weighted by Gasteiger charge is 2.18. The summed E-state index contributed by atoms with van der Waals surface area (Å²) in [6.07, 6.45) is 1.73. The van der Waals surface area contributed by atoms with Gasteiger partial charge in [0.25, 0.3) is 0 Å². The van der Waals surface area contributed by atoms with Crippen LogP contribution in [0.1, 0.15) is 32.2 Å². The number of hydrogen-bond donors (Lipinski definition) is 0. The molecule has 17 heavy (non-hydrogen) atoms. The highest BCUT2D eigenvalue weighted by Crippen LogP contribution is 2.20. The van der Waals surface area contributed by atoms with Crippen LogP contribution < -0.4 is 0 Å². The first-order chi connectivity index (χ1) is 7.59. The Labute approximate surface area is 110 Å². The fourth-order valence-corrected chi connectivity index (χ4v) is 1.75. The first-order valence-corrected chi connectivity index (χ1v) is 9.53. The maximum absolute atomic E-state index is 6.13. The van der Waals surface area contributed by atoms with Crippen LogP contribution in [-0.4, -0.2) is 18.0 Å². The molecule has 0 bridgehead atoms. The lowest BCUT2D eigenvalue weighted by Crippen LogP contribution is -2.17. The van der Waals surface area contributed by atoms with E-state index in [4.69, 9.17) is 11.6 Å². The molecular formula is C13H19ClN2Si. The molecule has 2 nitrogen and oxygen atoms in total. The van der Waals surface area contributed by atoms with Gasteiger partial charge in [0.2, 0.25) is 0 Å². The van der Waals surface area contributed by atoms with Gasteiger partial charge in [-0.15, -0.1) is 5.54 Å². The van der Waals surface area contributed by atoms with Gasteiger partial charge in [0, 0.05) is 11.6 Å². The molecule has 0 aromatic carbocycles. The lowest BCUT2D eigenvalue weighted by Gasteiger charge is -2.16. The van der Waals surface area contributed by atoms with Crippen molar-refractivity contribution < 1.29 is 0 Å². The first-order valence-electron chi connectivity index (χ1n) is 5.66. The molecule has 0 spiro atoms. The SMILES string of the molecule is CC(C)(C)c1ncc(C#C[Si](C)(C)C)c(Cl)n1. The van der Waals surface area contributed by atoms with E-state index >= 15 is 0 Å². The van der Waals surface area contributed by atoms with Gasteiger partial charge in [-0.05, 0) is 0 Å². The Bertz CT molecular complexity index is 473. The second-order valence-electron chi connectivity index (χ2n) is 6.15. The monoisotopic (exact) mass is 266 g/mol. The number of hydrogen-bond acceptors (Lipinski definition) is 2. The Morgan fingerprint density at radius 1 is 1.24 bits per heavy atom. The summed E-state index contributed by atoms with van der Waals surface area (Å²) in [5, 5.41) is 0.454. The second kappa shape index (κ2) is 4.79. The number of halogens is 1. The van der Waals surface area contributed by atoms with Gasteiger partial charge in [-0.3, -0.25) is 0 Å². The second-order valence-corrected chi connectivity index (χ2v) is 11.3. The summed E-state index contributed by atoms with van der Waals surface area (Å²) in [4.78, 5) is 8.64. The fourth-order valence-electron chi connectivity index (χ4n) is 1.06. The van der Waals surface area contributed by atoms with Gasteiger partial charge < -0.3 is 0 Å². The molecule has 0 aliphatic rings. The molecule has 0 unspecified atom stereocenters. The average Bonchev–Trinajstić information content (AvgIpc) is 2.12. The summed E-state index contributed by atoms with van der Waals surface area (Å²) in [7, 11) is -1.39. The molecule has 0 fully saturated rings. The number of nitrogens with zero attached hydrogens (tertiary/aromatic N) is 2. The Morgan fingerprint density at radius 2 is 1.82 bits per heavy atom. The van der Waals surface area contributed by atoms with Gasteiger partial charge in [0.1, 0.15) is 19.1 Å². The normalized spacial score (nSPS) is 11.9. The summed E-state index contributed by atoms with van der Waals surface area (Å²) in [6, 6.07) is 0. The van der Waals surface area contributed by atoms with Gasteiger partial charge in [-0.2, -0.15) is 0 Å². The highest BCUT2D eigenvalue weighted by molar-refractivity contribution is 6.83. The van der Waals surface area contributed by atoms with Gasteiger partial charge >= 0.3 is 0 Å². The maximum Gasteiger partial charge on any atom is 0.148 e. The minimum atomic E-state index is -1.39. The molecule has 1 aromatic rings. The van der Waals surface area contributed by atoms with E-state index in [0.29, 0.717) is 5.15 Å². The molecule has 1 aromatic heterocycles. The standard InChI is InChI=1S/C13H19ClN2Si/c1-13(2,3)12-15-9-10(11(14)16-12)7-8-17(4,5)6/h9H,1-6H3. The lowest BCUT2D eigenvalue weighted by molar-refractivity contribution is 0.545. The van der Waals surface area contributed by atoms with Crippen LogP contribution >= 0.6 is 11.6 Å². The summed E-state index contributed by atoms with van der Waals surface area (Å²) < 4.78 is 0. The predicted octanol–water partition coefficient (Wildman–Crippen LogP) is 3.66. The third-order valence-electron chi connectivity index (χ3n) is 1.99. The van der Waals surface area contributed by atoms with Crippen LogP contribution in [0, 0.1) is 11.5 Å². The van der Waals surface area contributed by atoms with E-state index in [2.05, 4.69) is 61.8 Å². The third-order valence-corrected chi connectivity index (χ3v) is 3.15. The summed E-state index contributed by atoms with van der Waals surface area (Å²) in [5.74, 6) is 3.84. The smallest absolute Gasteiger partial charge is 0.148 e. The summed E-state index contributed by atoms with van der Waals surface area (Å²) in [5.41, 5.74) is 3.90. The largest absolute Gasteiger partial charge is 0.239 e. The van der Waals surface area contributed by atoms with Crippen molar-refractivity contribution in [2.24, 2.45) is 0 Å². The molecule has 0 aliphatic carbocycles. The van der Waals surface area contributed by atoms with Crippen LogP contribution in [0.15, 0.2) is 6.20 Å². The molecule has 4 heteroatoms. The van der Waals surface area contributed by atoms with E-state index in [1.54, 1.807) is 6.20 Å². The van der Waals surface area contributed by atoms with Crippen molar-refractivity contribution in [3.63, 3.8) is 0 Å². The Balaban J connectivity index is 3.10. The highest BCUT2D eigenvalue weighted by atomic mass is 35.5. The maximum atomic E-state index is 6.13. The number of rotatable bonds is 0. The van der Waals surface area contributed by atoms with E-state index in [1.165, 1.54) is 0 Å². The summed E-state index contributed by atoms with van der Waals surface area (Å²) >= 11 is 6.13. The van der Waals surface area contributed by atoms with Crippen molar-refractivity contribution >= 4 is 19.7 Å². The van der Waals surface area contributed by atoms with Crippen LogP contribution in [0.3, 0.4) is 0 Å². The van der Waals surface area contributed by atoms with Gasteiger partial charge in [0.05, 0.1) is 5.56 Å². The van der Waals surface area contributed by atoms with Crippen LogP contribution in [0.2, 0.25) is 24.8 Å². The quantitative estimate of drug-likeness (QED) is 0.407. The van der Waals surface area contributed by atoms with Gasteiger partial charge in [0.15, 0.2) is 0 Å². The molecule has 0 saturated carbocycles. The average molecular weight is 267 g/mol. The molecule has 1 heterocycles. The Kier molecular flexibility index (Phi) is 4.01. The lowest BCUT2D eigenvalue weighted by atomic mass is 9.96. The molecule has 0 atom stereocenters.